The Hall–Kier alpha value is -1.26. The molecule has 0 spiro atoms. The third-order valence-electron chi connectivity index (χ3n) is 3.31. The summed E-state index contributed by atoms with van der Waals surface area (Å²) in [7, 11) is 1.36. The van der Waals surface area contributed by atoms with Crippen molar-refractivity contribution in [2.75, 3.05) is 12.9 Å². The van der Waals surface area contributed by atoms with Gasteiger partial charge in [-0.15, -0.1) is 11.8 Å². The first-order chi connectivity index (χ1) is 9.19. The lowest BCUT2D eigenvalue weighted by Gasteiger charge is -2.16. The molecule has 3 nitrogen and oxygen atoms in total. The molecular weight excluding hydrogens is 260 g/mol. The second-order valence-electron chi connectivity index (χ2n) is 4.44. The standard InChI is InChI=1S/C15H18O3S/c1-3-11(10-7-5-4-6-8-10)14-13(15(17)18-2)12(16)9-19-14/h4-8,12-13,16H,3,9H2,1-2H3/b14-11+. The number of aliphatic hydroxyl groups excluding tert-OH is 1. The number of hydrogen-bond donors (Lipinski definition) is 1. The molecule has 2 rings (SSSR count). The van der Waals surface area contributed by atoms with Crippen LogP contribution in [0.2, 0.25) is 0 Å². The van der Waals surface area contributed by atoms with E-state index in [1.54, 1.807) is 11.8 Å². The normalized spacial score (nSPS) is 25.2. The Balaban J connectivity index is 2.45. The zero-order chi connectivity index (χ0) is 13.8. The Morgan fingerprint density at radius 3 is 2.68 bits per heavy atom. The van der Waals surface area contributed by atoms with Gasteiger partial charge in [-0.2, -0.15) is 0 Å². The molecule has 102 valence electrons. The van der Waals surface area contributed by atoms with Crippen LogP contribution in [-0.4, -0.2) is 30.0 Å². The fourth-order valence-corrected chi connectivity index (χ4v) is 3.77. The minimum atomic E-state index is -0.655. The van der Waals surface area contributed by atoms with Crippen molar-refractivity contribution in [3.8, 4) is 0 Å². The first-order valence-electron chi connectivity index (χ1n) is 6.36. The summed E-state index contributed by atoms with van der Waals surface area (Å²) < 4.78 is 4.82. The van der Waals surface area contributed by atoms with Gasteiger partial charge >= 0.3 is 5.97 Å². The van der Waals surface area contributed by atoms with E-state index in [2.05, 4.69) is 6.92 Å². The van der Waals surface area contributed by atoms with Crippen molar-refractivity contribution < 1.29 is 14.6 Å². The summed E-state index contributed by atoms with van der Waals surface area (Å²) in [6.07, 6.45) is 0.171. The molecule has 1 aromatic rings. The van der Waals surface area contributed by atoms with E-state index in [1.165, 1.54) is 7.11 Å². The van der Waals surface area contributed by atoms with Crippen molar-refractivity contribution in [2.24, 2.45) is 5.92 Å². The molecule has 0 amide bonds. The van der Waals surface area contributed by atoms with Crippen molar-refractivity contribution >= 4 is 23.3 Å². The van der Waals surface area contributed by atoms with Gasteiger partial charge in [0.05, 0.1) is 13.2 Å². The highest BCUT2D eigenvalue weighted by atomic mass is 32.2. The maximum absolute atomic E-state index is 11.9. The minimum Gasteiger partial charge on any atom is -0.468 e. The maximum atomic E-state index is 11.9. The summed E-state index contributed by atoms with van der Waals surface area (Å²) in [6, 6.07) is 10.00. The summed E-state index contributed by atoms with van der Waals surface area (Å²) in [5.41, 5.74) is 2.23. The Morgan fingerprint density at radius 2 is 2.11 bits per heavy atom. The van der Waals surface area contributed by atoms with Crippen molar-refractivity contribution in [1.82, 2.24) is 0 Å². The molecule has 2 atom stereocenters. The fourth-order valence-electron chi connectivity index (χ4n) is 2.36. The number of thioether (sulfide) groups is 1. The zero-order valence-electron chi connectivity index (χ0n) is 11.1. The first kappa shape index (κ1) is 14.2. The number of allylic oxidation sites excluding steroid dienone is 1. The van der Waals surface area contributed by atoms with E-state index >= 15 is 0 Å². The van der Waals surface area contributed by atoms with Crippen LogP contribution in [0.3, 0.4) is 0 Å². The van der Waals surface area contributed by atoms with Crippen LogP contribution in [0.5, 0.6) is 0 Å². The minimum absolute atomic E-state index is 0.352. The molecule has 0 aromatic heterocycles. The number of benzene rings is 1. The highest BCUT2D eigenvalue weighted by molar-refractivity contribution is 8.03. The van der Waals surface area contributed by atoms with Crippen LogP contribution < -0.4 is 0 Å². The van der Waals surface area contributed by atoms with E-state index in [1.807, 2.05) is 30.3 Å². The summed E-state index contributed by atoms with van der Waals surface area (Å²) in [5, 5.41) is 10.00. The number of rotatable bonds is 3. The third-order valence-corrected chi connectivity index (χ3v) is 4.62. The molecule has 0 saturated carbocycles. The van der Waals surface area contributed by atoms with E-state index < -0.39 is 12.0 Å². The van der Waals surface area contributed by atoms with Crippen molar-refractivity contribution in [1.29, 1.82) is 0 Å². The monoisotopic (exact) mass is 278 g/mol. The molecule has 1 saturated heterocycles. The molecule has 0 bridgehead atoms. The molecule has 0 radical (unpaired) electrons. The van der Waals surface area contributed by atoms with Crippen molar-refractivity contribution in [2.45, 2.75) is 19.4 Å². The van der Waals surface area contributed by atoms with Gasteiger partial charge in [-0.25, -0.2) is 0 Å². The van der Waals surface area contributed by atoms with Gasteiger partial charge in [0.15, 0.2) is 0 Å². The fraction of sp³-hybridized carbons (Fsp3) is 0.400. The lowest BCUT2D eigenvalue weighted by Crippen LogP contribution is -2.27. The Bertz CT molecular complexity index is 481. The first-order valence-corrected chi connectivity index (χ1v) is 7.34. The lowest BCUT2D eigenvalue weighted by atomic mass is 9.95. The number of carbonyl (C=O) groups is 1. The van der Waals surface area contributed by atoms with Crippen LogP contribution in [0.4, 0.5) is 0 Å². The van der Waals surface area contributed by atoms with E-state index in [0.29, 0.717) is 5.75 Å². The molecule has 1 N–H and O–H groups in total. The topological polar surface area (TPSA) is 46.5 Å². The molecule has 1 heterocycles. The van der Waals surface area contributed by atoms with Crippen LogP contribution in [0.1, 0.15) is 18.9 Å². The molecule has 2 unspecified atom stereocenters. The summed E-state index contributed by atoms with van der Waals surface area (Å²) in [4.78, 5) is 12.8. The molecule has 19 heavy (non-hydrogen) atoms. The smallest absolute Gasteiger partial charge is 0.316 e. The Labute approximate surface area is 117 Å². The quantitative estimate of drug-likeness (QED) is 0.864. The van der Waals surface area contributed by atoms with Gasteiger partial charge in [0, 0.05) is 10.7 Å². The van der Waals surface area contributed by atoms with Gasteiger partial charge in [0.1, 0.15) is 5.92 Å². The average molecular weight is 278 g/mol. The van der Waals surface area contributed by atoms with Gasteiger partial charge in [-0.05, 0) is 17.6 Å². The molecular formula is C15H18O3S. The SMILES string of the molecule is CC/C(=C1\SCC(O)C1C(=O)OC)c1ccccc1. The van der Waals surface area contributed by atoms with Crippen molar-refractivity contribution in [3.63, 3.8) is 0 Å². The number of aliphatic hydroxyl groups is 1. The highest BCUT2D eigenvalue weighted by Crippen LogP contribution is 2.43. The summed E-state index contributed by atoms with van der Waals surface area (Å²) in [5.74, 6) is -0.342. The van der Waals surface area contributed by atoms with Gasteiger partial charge in [-0.3, -0.25) is 4.79 Å². The third kappa shape index (κ3) is 2.85. The zero-order valence-corrected chi connectivity index (χ0v) is 11.9. The molecule has 1 aliphatic rings. The Morgan fingerprint density at radius 1 is 1.42 bits per heavy atom. The number of hydrogen-bond acceptors (Lipinski definition) is 4. The molecule has 1 aromatic carbocycles. The van der Waals surface area contributed by atoms with Crippen LogP contribution >= 0.6 is 11.8 Å². The predicted molar refractivity (Wildman–Crippen MR) is 77.6 cm³/mol. The van der Waals surface area contributed by atoms with Crippen LogP contribution in [-0.2, 0) is 9.53 Å². The largest absolute Gasteiger partial charge is 0.468 e. The lowest BCUT2D eigenvalue weighted by molar-refractivity contribution is -0.146. The van der Waals surface area contributed by atoms with E-state index in [-0.39, 0.29) is 5.97 Å². The summed E-state index contributed by atoms with van der Waals surface area (Å²) in [6.45, 7) is 2.06. The van der Waals surface area contributed by atoms with E-state index in [9.17, 15) is 9.90 Å². The molecule has 1 fully saturated rings. The number of carbonyl (C=O) groups excluding carboxylic acids is 1. The predicted octanol–water partition coefficient (Wildman–Crippen LogP) is 2.70. The number of ether oxygens (including phenoxy) is 1. The van der Waals surface area contributed by atoms with Gasteiger partial charge in [0.2, 0.25) is 0 Å². The number of esters is 1. The molecule has 4 heteroatoms. The van der Waals surface area contributed by atoms with Gasteiger partial charge < -0.3 is 9.84 Å². The summed E-state index contributed by atoms with van der Waals surface area (Å²) >= 11 is 1.56. The van der Waals surface area contributed by atoms with E-state index in [0.717, 1.165) is 22.5 Å². The van der Waals surface area contributed by atoms with Crippen LogP contribution in [0.15, 0.2) is 35.2 Å². The number of methoxy groups -OCH3 is 1. The highest BCUT2D eigenvalue weighted by Gasteiger charge is 2.39. The molecule has 1 aliphatic heterocycles. The average Bonchev–Trinajstić information content (AvgIpc) is 2.82. The Kier molecular flexibility index (Phi) is 4.66. The second-order valence-corrected chi connectivity index (χ2v) is 5.50. The van der Waals surface area contributed by atoms with Crippen LogP contribution in [0.25, 0.3) is 5.57 Å². The van der Waals surface area contributed by atoms with Crippen molar-refractivity contribution in [3.05, 3.63) is 40.8 Å². The molecule has 0 aliphatic carbocycles. The van der Waals surface area contributed by atoms with Gasteiger partial charge in [0.25, 0.3) is 0 Å². The van der Waals surface area contributed by atoms with E-state index in [4.69, 9.17) is 4.74 Å². The van der Waals surface area contributed by atoms with Crippen LogP contribution in [0, 0.1) is 5.92 Å². The maximum Gasteiger partial charge on any atom is 0.316 e. The second kappa shape index (κ2) is 6.26. The van der Waals surface area contributed by atoms with Gasteiger partial charge in [-0.1, -0.05) is 37.3 Å².